The zero-order valence-corrected chi connectivity index (χ0v) is 10.8. The second-order valence-electron chi connectivity index (χ2n) is 2.67. The number of rotatable bonds is 3. The number of hydrogen-bond donors (Lipinski definition) is 1. The van der Waals surface area contributed by atoms with Crippen molar-refractivity contribution in [1.82, 2.24) is 0 Å². The van der Waals surface area contributed by atoms with Crippen LogP contribution in [0.4, 0.5) is 0 Å². The van der Waals surface area contributed by atoms with Crippen LogP contribution in [0.25, 0.3) is 6.08 Å². The Morgan fingerprint density at radius 1 is 1.29 bits per heavy atom. The molecule has 0 aliphatic carbocycles. The monoisotopic (exact) mass is 221 g/mol. The predicted octanol–water partition coefficient (Wildman–Crippen LogP) is 1.34. The zero-order chi connectivity index (χ0) is 9.90. The van der Waals surface area contributed by atoms with E-state index in [1.165, 1.54) is 0 Å². The van der Waals surface area contributed by atoms with E-state index < -0.39 is 10.1 Å². The molecule has 14 heavy (non-hydrogen) atoms. The molecule has 1 radical (unpaired) electrons. The van der Waals surface area contributed by atoms with Crippen molar-refractivity contribution >= 4 is 45.8 Å². The molecule has 0 saturated carbocycles. The van der Waals surface area contributed by atoms with E-state index >= 15 is 0 Å². The fraction of sp³-hybridized carbons (Fsp3) is 0.111. The molecule has 3 nitrogen and oxygen atoms in total. The van der Waals surface area contributed by atoms with Gasteiger partial charge in [-0.05, 0) is 11.1 Å². The SMILES string of the molecule is C=Cc1ccc(CS(=O)(=O)O)cc1.[Na]. The molecule has 1 rings (SSSR count). The van der Waals surface area contributed by atoms with Gasteiger partial charge in [-0.25, -0.2) is 0 Å². The van der Waals surface area contributed by atoms with Crippen LogP contribution in [-0.2, 0) is 15.9 Å². The number of hydrogen-bond acceptors (Lipinski definition) is 2. The van der Waals surface area contributed by atoms with Crippen molar-refractivity contribution < 1.29 is 13.0 Å². The van der Waals surface area contributed by atoms with Crippen molar-refractivity contribution in [2.45, 2.75) is 5.75 Å². The van der Waals surface area contributed by atoms with Gasteiger partial charge in [0.05, 0.1) is 0 Å². The van der Waals surface area contributed by atoms with Gasteiger partial charge < -0.3 is 0 Å². The molecule has 0 saturated heterocycles. The maximum atomic E-state index is 10.5. The molecule has 1 aromatic rings. The molecule has 0 bridgehead atoms. The van der Waals surface area contributed by atoms with Crippen LogP contribution in [0, 0.1) is 0 Å². The van der Waals surface area contributed by atoms with Gasteiger partial charge in [-0.3, -0.25) is 4.55 Å². The first-order valence-corrected chi connectivity index (χ1v) is 5.29. The summed E-state index contributed by atoms with van der Waals surface area (Å²) in [7, 11) is -3.92. The van der Waals surface area contributed by atoms with Crippen LogP contribution < -0.4 is 0 Å². The summed E-state index contributed by atoms with van der Waals surface area (Å²) in [6.07, 6.45) is 1.66. The molecule has 0 aromatic heterocycles. The van der Waals surface area contributed by atoms with Gasteiger partial charge in [0.2, 0.25) is 0 Å². The molecule has 1 aromatic carbocycles. The normalized spacial score (nSPS) is 10.4. The third-order valence-electron chi connectivity index (χ3n) is 1.56. The van der Waals surface area contributed by atoms with Crippen LogP contribution in [0.2, 0.25) is 0 Å². The van der Waals surface area contributed by atoms with Gasteiger partial charge >= 0.3 is 0 Å². The quantitative estimate of drug-likeness (QED) is 0.619. The minimum atomic E-state index is -3.92. The molecule has 1 N–H and O–H groups in total. The molecule has 0 heterocycles. The van der Waals surface area contributed by atoms with Crippen molar-refractivity contribution in [3.05, 3.63) is 42.0 Å². The number of benzene rings is 1. The van der Waals surface area contributed by atoms with Crippen molar-refractivity contribution in [3.63, 3.8) is 0 Å². The van der Waals surface area contributed by atoms with Crippen molar-refractivity contribution in [2.24, 2.45) is 0 Å². The first-order valence-electron chi connectivity index (χ1n) is 3.68. The summed E-state index contributed by atoms with van der Waals surface area (Å²) < 4.78 is 29.5. The first kappa shape index (κ1) is 13.9. The largest absolute Gasteiger partial charge is 0.285 e. The second-order valence-corrected chi connectivity index (χ2v) is 4.12. The second kappa shape index (κ2) is 5.68. The Bertz CT molecular complexity index is 395. The maximum Gasteiger partial charge on any atom is 0.269 e. The van der Waals surface area contributed by atoms with Crippen molar-refractivity contribution in [3.8, 4) is 0 Å². The van der Waals surface area contributed by atoms with Crippen LogP contribution in [0.15, 0.2) is 30.8 Å². The van der Waals surface area contributed by atoms with Crippen LogP contribution >= 0.6 is 0 Å². The van der Waals surface area contributed by atoms with E-state index in [0.29, 0.717) is 5.56 Å². The molecular weight excluding hydrogens is 211 g/mol. The van der Waals surface area contributed by atoms with Gasteiger partial charge in [-0.15, -0.1) is 0 Å². The summed E-state index contributed by atoms with van der Waals surface area (Å²) in [6, 6.07) is 6.77. The van der Waals surface area contributed by atoms with Gasteiger partial charge in [0.15, 0.2) is 0 Å². The van der Waals surface area contributed by atoms with E-state index in [0.717, 1.165) is 5.56 Å². The Morgan fingerprint density at radius 3 is 2.14 bits per heavy atom. The van der Waals surface area contributed by atoms with E-state index in [2.05, 4.69) is 6.58 Å². The minimum Gasteiger partial charge on any atom is -0.285 e. The van der Waals surface area contributed by atoms with E-state index in [-0.39, 0.29) is 35.3 Å². The van der Waals surface area contributed by atoms with Gasteiger partial charge in [0, 0.05) is 29.6 Å². The molecule has 0 unspecified atom stereocenters. The van der Waals surface area contributed by atoms with Gasteiger partial charge in [-0.1, -0.05) is 36.9 Å². The van der Waals surface area contributed by atoms with Crippen LogP contribution in [0.5, 0.6) is 0 Å². The van der Waals surface area contributed by atoms with E-state index in [1.807, 2.05) is 0 Å². The maximum absolute atomic E-state index is 10.5. The van der Waals surface area contributed by atoms with E-state index in [4.69, 9.17) is 4.55 Å². The summed E-state index contributed by atoms with van der Waals surface area (Å²) in [4.78, 5) is 0. The molecule has 0 aliphatic rings. The minimum absolute atomic E-state index is 0. The zero-order valence-electron chi connectivity index (χ0n) is 7.97. The molecule has 0 fully saturated rings. The fourth-order valence-electron chi connectivity index (χ4n) is 0.961. The summed E-state index contributed by atoms with van der Waals surface area (Å²) in [5.41, 5.74) is 1.48. The summed E-state index contributed by atoms with van der Waals surface area (Å²) in [6.45, 7) is 3.57. The molecule has 0 amide bonds. The average molecular weight is 221 g/mol. The summed E-state index contributed by atoms with van der Waals surface area (Å²) in [5.74, 6) is -0.343. The third kappa shape index (κ3) is 4.93. The average Bonchev–Trinajstić information content (AvgIpc) is 2.03. The Labute approximate surface area is 106 Å². The summed E-state index contributed by atoms with van der Waals surface area (Å²) in [5, 5.41) is 0. The standard InChI is InChI=1S/C9H10O3S.Na/c1-2-8-3-5-9(6-4-8)7-13(10,11)12;/h2-6H,1,7H2,(H,10,11,12);. The Balaban J connectivity index is 0.00000169. The van der Waals surface area contributed by atoms with Crippen LogP contribution in [0.3, 0.4) is 0 Å². The van der Waals surface area contributed by atoms with Gasteiger partial charge in [0.1, 0.15) is 5.75 Å². The van der Waals surface area contributed by atoms with Crippen LogP contribution in [-0.4, -0.2) is 42.5 Å². The topological polar surface area (TPSA) is 54.4 Å². The van der Waals surface area contributed by atoms with E-state index in [9.17, 15) is 8.42 Å². The molecular formula is C9H10NaO3S. The predicted molar refractivity (Wildman–Crippen MR) is 57.5 cm³/mol. The molecule has 0 spiro atoms. The van der Waals surface area contributed by atoms with E-state index in [1.54, 1.807) is 30.3 Å². The van der Waals surface area contributed by atoms with Crippen LogP contribution in [0.1, 0.15) is 11.1 Å². The molecule has 0 aliphatic heterocycles. The molecule has 5 heteroatoms. The summed E-state index contributed by atoms with van der Waals surface area (Å²) >= 11 is 0. The van der Waals surface area contributed by atoms with Crippen molar-refractivity contribution in [1.29, 1.82) is 0 Å². The Kier molecular flexibility index (Phi) is 5.63. The molecule has 71 valence electrons. The van der Waals surface area contributed by atoms with Crippen molar-refractivity contribution in [2.75, 3.05) is 0 Å². The Hall–Kier alpha value is -0.130. The van der Waals surface area contributed by atoms with Gasteiger partial charge in [-0.2, -0.15) is 8.42 Å². The smallest absolute Gasteiger partial charge is 0.269 e. The fourth-order valence-corrected chi connectivity index (χ4v) is 1.57. The first-order chi connectivity index (χ1) is 6.01. The third-order valence-corrected chi connectivity index (χ3v) is 2.26. The molecule has 0 atom stereocenters. The van der Waals surface area contributed by atoms with Gasteiger partial charge in [0.25, 0.3) is 10.1 Å². The Morgan fingerprint density at radius 2 is 1.79 bits per heavy atom.